The molecular weight excluding hydrogens is 512 g/mol. The van der Waals surface area contributed by atoms with Gasteiger partial charge in [-0.05, 0) is 42.2 Å². The zero-order valence-corrected chi connectivity index (χ0v) is 22.6. The molecule has 10 heteroatoms. The van der Waals surface area contributed by atoms with Crippen LogP contribution in [0.3, 0.4) is 0 Å². The molecule has 210 valence electrons. The minimum atomic E-state index is -1.15. The van der Waals surface area contributed by atoms with Crippen molar-refractivity contribution in [2.24, 2.45) is 0 Å². The second-order valence-corrected chi connectivity index (χ2v) is 10.3. The third kappa shape index (κ3) is 5.84. The van der Waals surface area contributed by atoms with Gasteiger partial charge < -0.3 is 24.4 Å². The number of amides is 1. The summed E-state index contributed by atoms with van der Waals surface area (Å²) in [5.74, 6) is -1.30. The molecule has 1 aromatic heterocycles. The minimum Gasteiger partial charge on any atom is -0.478 e. The van der Waals surface area contributed by atoms with Crippen LogP contribution in [0.25, 0.3) is 11.4 Å². The molecule has 0 spiro atoms. The summed E-state index contributed by atoms with van der Waals surface area (Å²) < 4.78 is 7.30. The normalized spacial score (nSPS) is 17.4. The predicted octanol–water partition coefficient (Wildman–Crippen LogP) is 2.73. The van der Waals surface area contributed by atoms with Gasteiger partial charge in [-0.25, -0.2) is 9.78 Å². The van der Waals surface area contributed by atoms with Crippen molar-refractivity contribution in [1.82, 2.24) is 19.4 Å². The Balaban J connectivity index is 1.51. The number of hydrogen-bond acceptors (Lipinski definition) is 7. The van der Waals surface area contributed by atoms with Crippen LogP contribution in [0.4, 0.5) is 0 Å². The average molecular weight is 547 g/mol. The second-order valence-electron chi connectivity index (χ2n) is 10.3. The molecule has 3 heterocycles. The number of nitrogens with zero attached hydrogens (tertiary/aromatic N) is 4. The minimum absolute atomic E-state index is 0.0257. The number of hydrogen-bond donors (Lipinski definition) is 2. The Morgan fingerprint density at radius 1 is 1.05 bits per heavy atom. The molecule has 40 heavy (non-hydrogen) atoms. The van der Waals surface area contributed by atoms with Crippen LogP contribution in [0.5, 0.6) is 0 Å². The van der Waals surface area contributed by atoms with Crippen molar-refractivity contribution >= 4 is 17.7 Å². The molecule has 0 aliphatic carbocycles. The number of imidazole rings is 1. The number of fused-ring (bicyclic) bond motifs is 1. The van der Waals surface area contributed by atoms with Crippen LogP contribution in [0.1, 0.15) is 55.7 Å². The average Bonchev–Trinajstić information content (AvgIpc) is 3.40. The quantitative estimate of drug-likeness (QED) is 0.393. The van der Waals surface area contributed by atoms with Crippen molar-refractivity contribution in [3.8, 4) is 11.4 Å². The molecule has 0 saturated carbocycles. The summed E-state index contributed by atoms with van der Waals surface area (Å²) in [7, 11) is 0. The summed E-state index contributed by atoms with van der Waals surface area (Å²) in [5, 5.41) is 19.9. The molecule has 1 atom stereocenters. The maximum absolute atomic E-state index is 14.1. The van der Waals surface area contributed by atoms with Crippen LogP contribution in [0.2, 0.25) is 0 Å². The first-order valence-electron chi connectivity index (χ1n) is 13.6. The number of rotatable bonds is 9. The fraction of sp³-hybridized carbons (Fsp3) is 0.400. The number of aryl methyl sites for hydroxylation is 1. The van der Waals surface area contributed by atoms with E-state index in [1.54, 1.807) is 17.2 Å². The second kappa shape index (κ2) is 12.1. The van der Waals surface area contributed by atoms with Gasteiger partial charge >= 0.3 is 5.97 Å². The smallest absolute Gasteiger partial charge is 0.335 e. The number of carboxylic acids is 1. The predicted molar refractivity (Wildman–Crippen MR) is 147 cm³/mol. The van der Waals surface area contributed by atoms with Gasteiger partial charge in [-0.1, -0.05) is 24.3 Å². The molecule has 0 bridgehead atoms. The maximum atomic E-state index is 14.1. The molecule has 0 radical (unpaired) electrons. The van der Waals surface area contributed by atoms with Crippen molar-refractivity contribution in [3.63, 3.8) is 0 Å². The van der Waals surface area contributed by atoms with E-state index >= 15 is 0 Å². The number of Topliss-reactive ketones (excluding diaryl/α,β-unsaturated/α-hetero) is 1. The molecule has 2 aliphatic rings. The van der Waals surface area contributed by atoms with Gasteiger partial charge in [-0.3, -0.25) is 14.5 Å². The first-order chi connectivity index (χ1) is 19.4. The third-order valence-corrected chi connectivity index (χ3v) is 7.68. The van der Waals surface area contributed by atoms with Crippen LogP contribution in [0.15, 0.2) is 48.7 Å². The van der Waals surface area contributed by atoms with Crippen molar-refractivity contribution < 1.29 is 29.3 Å². The Morgan fingerprint density at radius 3 is 2.50 bits per heavy atom. The molecule has 2 N–H and O–H groups in total. The van der Waals surface area contributed by atoms with Crippen LogP contribution >= 0.6 is 0 Å². The Kier molecular flexibility index (Phi) is 8.39. The number of aromatic carboxylic acids is 1. The molecule has 3 aromatic rings. The fourth-order valence-corrected chi connectivity index (χ4v) is 5.45. The SMILES string of the molecule is CC(=O)c1cn(CCCN2CCOCC2)c(-c2ccc(C(=O)O)cc2C(=O)N2Cc3ccccc3C[C@H]2CO)n1. The summed E-state index contributed by atoms with van der Waals surface area (Å²) in [5.41, 5.74) is 2.94. The van der Waals surface area contributed by atoms with E-state index in [1.165, 1.54) is 19.1 Å². The highest BCUT2D eigenvalue weighted by Crippen LogP contribution is 2.30. The first kappa shape index (κ1) is 27.7. The van der Waals surface area contributed by atoms with Crippen LogP contribution < -0.4 is 0 Å². The fourth-order valence-electron chi connectivity index (χ4n) is 5.45. The number of carboxylic acid groups (broad SMARTS) is 1. The third-order valence-electron chi connectivity index (χ3n) is 7.68. The molecule has 10 nitrogen and oxygen atoms in total. The molecule has 1 fully saturated rings. The monoisotopic (exact) mass is 546 g/mol. The maximum Gasteiger partial charge on any atom is 0.335 e. The lowest BCUT2D eigenvalue weighted by molar-refractivity contribution is 0.0369. The number of carbonyl (C=O) groups is 3. The number of ether oxygens (including phenoxy) is 1. The summed E-state index contributed by atoms with van der Waals surface area (Å²) in [6.45, 7) is 6.10. The highest BCUT2D eigenvalue weighted by molar-refractivity contribution is 6.03. The van der Waals surface area contributed by atoms with Crippen molar-refractivity contribution in [1.29, 1.82) is 0 Å². The lowest BCUT2D eigenvalue weighted by atomic mass is 9.92. The zero-order chi connectivity index (χ0) is 28.2. The Bertz CT molecular complexity index is 1410. The number of carbonyl (C=O) groups excluding carboxylic acids is 2. The highest BCUT2D eigenvalue weighted by atomic mass is 16.5. The summed E-state index contributed by atoms with van der Waals surface area (Å²) in [4.78, 5) is 46.8. The van der Waals surface area contributed by atoms with E-state index in [9.17, 15) is 24.6 Å². The molecule has 1 saturated heterocycles. The molecule has 1 amide bonds. The van der Waals surface area contributed by atoms with Gasteiger partial charge in [0.2, 0.25) is 0 Å². The lowest BCUT2D eigenvalue weighted by Crippen LogP contribution is -2.46. The van der Waals surface area contributed by atoms with Gasteiger partial charge in [0.1, 0.15) is 11.5 Å². The van der Waals surface area contributed by atoms with E-state index in [1.807, 2.05) is 28.8 Å². The van der Waals surface area contributed by atoms with Gasteiger partial charge in [0, 0.05) is 51.4 Å². The van der Waals surface area contributed by atoms with Crippen LogP contribution in [0, 0.1) is 0 Å². The highest BCUT2D eigenvalue weighted by Gasteiger charge is 2.32. The molecule has 2 aliphatic heterocycles. The van der Waals surface area contributed by atoms with Gasteiger partial charge in [0.05, 0.1) is 37.0 Å². The standard InChI is InChI=1S/C30H34N4O6/c1-20(36)27-18-33(10-4-9-32-11-13-40-14-12-32)28(31-27)25-8-7-22(30(38)39)16-26(25)29(37)34-17-23-6-3-2-5-21(23)15-24(34)19-35/h2-3,5-8,16,18,24,35H,4,9-15,17,19H2,1H3,(H,38,39)/t24-/m0/s1. The van der Waals surface area contributed by atoms with E-state index in [4.69, 9.17) is 4.74 Å². The largest absolute Gasteiger partial charge is 0.478 e. The number of ketones is 1. The zero-order valence-electron chi connectivity index (χ0n) is 22.6. The number of aliphatic hydroxyl groups is 1. The molecule has 0 unspecified atom stereocenters. The van der Waals surface area contributed by atoms with E-state index in [0.29, 0.717) is 44.1 Å². The Labute approximate surface area is 232 Å². The van der Waals surface area contributed by atoms with Crippen molar-refractivity contribution in [2.45, 2.75) is 38.9 Å². The van der Waals surface area contributed by atoms with Gasteiger partial charge in [0.15, 0.2) is 5.78 Å². The Morgan fingerprint density at radius 2 is 1.80 bits per heavy atom. The number of aromatic nitrogens is 2. The van der Waals surface area contributed by atoms with Crippen molar-refractivity contribution in [3.05, 3.63) is 76.6 Å². The summed E-state index contributed by atoms with van der Waals surface area (Å²) >= 11 is 0. The van der Waals surface area contributed by atoms with Gasteiger partial charge in [-0.15, -0.1) is 0 Å². The molecule has 2 aromatic carbocycles. The van der Waals surface area contributed by atoms with E-state index < -0.39 is 12.0 Å². The van der Waals surface area contributed by atoms with E-state index in [-0.39, 0.29) is 35.1 Å². The topological polar surface area (TPSA) is 125 Å². The van der Waals surface area contributed by atoms with Crippen LogP contribution in [-0.2, 0) is 24.2 Å². The van der Waals surface area contributed by atoms with E-state index in [0.717, 1.165) is 37.2 Å². The number of morpholine rings is 1. The molecular formula is C30H34N4O6. The number of benzene rings is 2. The molecule has 5 rings (SSSR count). The van der Waals surface area contributed by atoms with Gasteiger partial charge in [0.25, 0.3) is 5.91 Å². The van der Waals surface area contributed by atoms with Crippen molar-refractivity contribution in [2.75, 3.05) is 39.5 Å². The van der Waals surface area contributed by atoms with E-state index in [2.05, 4.69) is 9.88 Å². The van der Waals surface area contributed by atoms with Gasteiger partial charge in [-0.2, -0.15) is 0 Å². The Hall–Kier alpha value is -3.86. The van der Waals surface area contributed by atoms with Crippen LogP contribution in [-0.4, -0.2) is 92.7 Å². The lowest BCUT2D eigenvalue weighted by Gasteiger charge is -2.36. The summed E-state index contributed by atoms with van der Waals surface area (Å²) in [6, 6.07) is 11.8. The number of aliphatic hydroxyl groups excluding tert-OH is 1. The summed E-state index contributed by atoms with van der Waals surface area (Å²) in [6.07, 6.45) is 2.99. The first-order valence-corrected chi connectivity index (χ1v) is 13.6.